The summed E-state index contributed by atoms with van der Waals surface area (Å²) in [7, 11) is 0. The highest BCUT2D eigenvalue weighted by atomic mass is 16.3. The van der Waals surface area contributed by atoms with E-state index >= 15 is 0 Å². The lowest BCUT2D eigenvalue weighted by Crippen LogP contribution is -2.47. The van der Waals surface area contributed by atoms with Gasteiger partial charge in [0.25, 0.3) is 0 Å². The molecule has 152 valence electrons. The van der Waals surface area contributed by atoms with Crippen molar-refractivity contribution in [1.29, 1.82) is 0 Å². The molecule has 1 rings (SSSR count). The molecule has 0 heterocycles. The number of aromatic hydroxyl groups is 1. The first-order valence-electron chi connectivity index (χ1n) is 10.1. The first-order chi connectivity index (χ1) is 11.8. The molecule has 0 aliphatic heterocycles. The summed E-state index contributed by atoms with van der Waals surface area (Å²) < 4.78 is 1.28. The van der Waals surface area contributed by atoms with E-state index in [0.29, 0.717) is 5.75 Å². The van der Waals surface area contributed by atoms with Crippen LogP contribution in [0.5, 0.6) is 5.75 Å². The van der Waals surface area contributed by atoms with Gasteiger partial charge in [0, 0.05) is 0 Å². The van der Waals surface area contributed by atoms with Gasteiger partial charge in [-0.15, -0.1) is 6.61 Å². The molecule has 0 aromatic heterocycles. The lowest BCUT2D eigenvalue weighted by molar-refractivity contribution is -0.921. The molecule has 3 nitrogen and oxygen atoms in total. The Kier molecular flexibility index (Phi) is 9.36. The van der Waals surface area contributed by atoms with Crippen LogP contribution in [0, 0.1) is 0 Å². The number of hydrogen-bond donors (Lipinski definition) is 1. The van der Waals surface area contributed by atoms with Gasteiger partial charge in [0.05, 0.1) is 26.2 Å². The maximum Gasteiger partial charge on any atom is 0.123 e. The van der Waals surface area contributed by atoms with Gasteiger partial charge in [-0.2, -0.15) is 0 Å². The van der Waals surface area contributed by atoms with Crippen LogP contribution in [0.1, 0.15) is 85.9 Å². The second-order valence-corrected chi connectivity index (χ2v) is 9.29. The van der Waals surface area contributed by atoms with E-state index in [-0.39, 0.29) is 17.4 Å². The Hall–Kier alpha value is -1.06. The van der Waals surface area contributed by atoms with E-state index in [1.807, 2.05) is 53.7 Å². The van der Waals surface area contributed by atoms with Crippen molar-refractivity contribution < 1.29 is 14.7 Å². The maximum absolute atomic E-state index is 11.1. The van der Waals surface area contributed by atoms with Crippen molar-refractivity contribution in [3.05, 3.63) is 28.8 Å². The first-order valence-corrected chi connectivity index (χ1v) is 10.1. The monoisotopic (exact) mass is 365 g/mol. The summed E-state index contributed by atoms with van der Waals surface area (Å²) in [5.74, 6) is 0.335. The minimum atomic E-state index is -0.244. The van der Waals surface area contributed by atoms with Crippen molar-refractivity contribution >= 4 is 0 Å². The van der Waals surface area contributed by atoms with Crippen LogP contribution in [0.4, 0.5) is 0 Å². The van der Waals surface area contributed by atoms with Crippen molar-refractivity contribution in [2.45, 2.75) is 86.7 Å². The number of nitrogens with zero attached hydrogens (tertiary/aromatic N) is 1. The average molecular weight is 366 g/mol. The van der Waals surface area contributed by atoms with Crippen molar-refractivity contribution in [3.8, 4) is 5.75 Å². The van der Waals surface area contributed by atoms with Crippen molar-refractivity contribution in [3.63, 3.8) is 0 Å². The van der Waals surface area contributed by atoms with Crippen molar-refractivity contribution in [2.24, 2.45) is 0 Å². The van der Waals surface area contributed by atoms with Gasteiger partial charge in [-0.25, -0.2) is 0 Å². The first kappa shape index (κ1) is 24.9. The standard InChI is InChI=1S/C15H23O2.C8H20N/c1-14(2,3)11-7-10(9-16)8-12(13(11)17)15(4,5)6;1-5-9(6-2,7-3)8-4/h7-8,17H,9H2,1-6H3;5-8H2,1-4H3/q-1;+1. The van der Waals surface area contributed by atoms with Crippen LogP contribution >= 0.6 is 0 Å². The van der Waals surface area contributed by atoms with E-state index in [2.05, 4.69) is 27.7 Å². The lowest BCUT2D eigenvalue weighted by atomic mass is 9.78. The van der Waals surface area contributed by atoms with Gasteiger partial charge in [-0.3, -0.25) is 0 Å². The second kappa shape index (κ2) is 9.75. The lowest BCUT2D eigenvalue weighted by Gasteiger charge is -2.34. The van der Waals surface area contributed by atoms with Crippen LogP contribution in [0.2, 0.25) is 0 Å². The zero-order valence-corrected chi connectivity index (χ0v) is 19.0. The fraction of sp³-hybridized carbons (Fsp3) is 0.739. The fourth-order valence-corrected chi connectivity index (χ4v) is 3.26. The Balaban J connectivity index is 0.000000590. The molecule has 0 fully saturated rings. The predicted molar refractivity (Wildman–Crippen MR) is 112 cm³/mol. The summed E-state index contributed by atoms with van der Waals surface area (Å²) in [6.07, 6.45) is 0. The van der Waals surface area contributed by atoms with E-state index in [4.69, 9.17) is 0 Å². The van der Waals surface area contributed by atoms with E-state index in [0.717, 1.165) is 16.7 Å². The molecule has 0 spiro atoms. The van der Waals surface area contributed by atoms with Crippen LogP contribution in [-0.4, -0.2) is 35.8 Å². The van der Waals surface area contributed by atoms with E-state index in [9.17, 15) is 10.2 Å². The summed E-state index contributed by atoms with van der Waals surface area (Å²) in [6, 6.07) is 3.66. The van der Waals surface area contributed by atoms with E-state index in [1.165, 1.54) is 30.7 Å². The molecule has 1 aromatic rings. The Labute approximate surface area is 162 Å². The smallest absolute Gasteiger partial charge is 0.123 e. The molecule has 0 unspecified atom stereocenters. The molecule has 26 heavy (non-hydrogen) atoms. The number of quaternary nitrogens is 1. The molecule has 0 amide bonds. The molecule has 3 heteroatoms. The van der Waals surface area contributed by atoms with E-state index < -0.39 is 0 Å². The third-order valence-electron chi connectivity index (χ3n) is 5.64. The summed E-state index contributed by atoms with van der Waals surface area (Å²) in [6.45, 7) is 26.2. The highest BCUT2D eigenvalue weighted by molar-refractivity contribution is 5.49. The molecule has 0 saturated heterocycles. The fourth-order valence-electron chi connectivity index (χ4n) is 3.26. The van der Waals surface area contributed by atoms with Gasteiger partial charge in [0.1, 0.15) is 5.75 Å². The highest BCUT2D eigenvalue weighted by Gasteiger charge is 2.25. The molecule has 0 aliphatic carbocycles. The van der Waals surface area contributed by atoms with Gasteiger partial charge in [0.2, 0.25) is 0 Å². The van der Waals surface area contributed by atoms with Crippen molar-refractivity contribution in [2.75, 3.05) is 26.2 Å². The molecular formula is C23H43NO2. The number of benzene rings is 1. The van der Waals surface area contributed by atoms with Gasteiger partial charge < -0.3 is 14.7 Å². The molecular weight excluding hydrogens is 322 g/mol. The zero-order valence-electron chi connectivity index (χ0n) is 19.0. The quantitative estimate of drug-likeness (QED) is 0.767. The van der Waals surface area contributed by atoms with Crippen LogP contribution in [-0.2, 0) is 17.4 Å². The molecule has 1 N–H and O–H groups in total. The summed E-state index contributed by atoms with van der Waals surface area (Å²) in [5, 5.41) is 21.5. The Morgan fingerprint density at radius 1 is 0.769 bits per heavy atom. The Bertz CT molecular complexity index is 494. The molecule has 0 aliphatic rings. The molecule has 0 bridgehead atoms. The van der Waals surface area contributed by atoms with Crippen LogP contribution in [0.25, 0.3) is 0 Å². The van der Waals surface area contributed by atoms with Crippen LogP contribution in [0.3, 0.4) is 0 Å². The molecule has 0 saturated carbocycles. The van der Waals surface area contributed by atoms with Crippen molar-refractivity contribution in [1.82, 2.24) is 0 Å². The topological polar surface area (TPSA) is 43.3 Å². The van der Waals surface area contributed by atoms with E-state index in [1.54, 1.807) is 0 Å². The zero-order chi connectivity index (χ0) is 20.8. The Morgan fingerprint density at radius 3 is 1.23 bits per heavy atom. The largest absolute Gasteiger partial charge is 0.851 e. The number of rotatable bonds is 5. The van der Waals surface area contributed by atoms with Crippen LogP contribution < -0.4 is 5.11 Å². The van der Waals surface area contributed by atoms with Gasteiger partial charge in [-0.1, -0.05) is 59.2 Å². The second-order valence-electron chi connectivity index (χ2n) is 9.29. The predicted octanol–water partition coefficient (Wildman–Crippen LogP) is 4.73. The normalized spacial score (nSPS) is 12.6. The number of phenolic OH excluding ortho intramolecular Hbond substituents is 1. The van der Waals surface area contributed by atoms with Crippen LogP contribution in [0.15, 0.2) is 12.1 Å². The molecule has 0 atom stereocenters. The minimum absolute atomic E-state index is 0.157. The summed E-state index contributed by atoms with van der Waals surface area (Å²) >= 11 is 0. The summed E-state index contributed by atoms with van der Waals surface area (Å²) in [4.78, 5) is 0. The van der Waals surface area contributed by atoms with Gasteiger partial charge in [0.15, 0.2) is 0 Å². The minimum Gasteiger partial charge on any atom is -0.851 e. The molecule has 0 radical (unpaired) electrons. The van der Waals surface area contributed by atoms with Gasteiger partial charge >= 0.3 is 0 Å². The molecule has 1 aromatic carbocycles. The Morgan fingerprint density at radius 2 is 1.08 bits per heavy atom. The third kappa shape index (κ3) is 6.59. The number of phenols is 1. The third-order valence-corrected chi connectivity index (χ3v) is 5.64. The average Bonchev–Trinajstić information content (AvgIpc) is 2.56. The maximum atomic E-state index is 11.1. The number of hydrogen-bond acceptors (Lipinski definition) is 2. The SMILES string of the molecule is CC(C)(C)c1cc(C[O-])cc(C(C)(C)C)c1O.CC[N+](CC)(CC)CC. The van der Waals surface area contributed by atoms with Gasteiger partial charge in [-0.05, 0) is 49.7 Å². The summed E-state index contributed by atoms with van der Waals surface area (Å²) in [5.41, 5.74) is 2.15. The highest BCUT2D eigenvalue weighted by Crippen LogP contribution is 2.39.